The lowest BCUT2D eigenvalue weighted by Gasteiger charge is -2.12. The van der Waals surface area contributed by atoms with E-state index in [0.29, 0.717) is 16.8 Å². The van der Waals surface area contributed by atoms with Crippen molar-refractivity contribution >= 4 is 21.4 Å². The predicted molar refractivity (Wildman–Crippen MR) is 126 cm³/mol. The van der Waals surface area contributed by atoms with Crippen LogP contribution in [0.1, 0.15) is 11.1 Å². The molecule has 1 atom stereocenters. The van der Waals surface area contributed by atoms with Gasteiger partial charge in [-0.05, 0) is 47.5 Å². The number of ether oxygens (including phenoxy) is 1. The molecule has 2 N–H and O–H groups in total. The second-order valence-electron chi connectivity index (χ2n) is 7.79. The zero-order valence-corrected chi connectivity index (χ0v) is 19.3. The van der Waals surface area contributed by atoms with Crippen molar-refractivity contribution in [3.8, 4) is 17.1 Å². The van der Waals surface area contributed by atoms with Gasteiger partial charge in [-0.1, -0.05) is 18.2 Å². The van der Waals surface area contributed by atoms with Crippen molar-refractivity contribution in [2.75, 3.05) is 11.6 Å². The quantitative estimate of drug-likeness (QED) is 0.334. The summed E-state index contributed by atoms with van der Waals surface area (Å²) < 4.78 is 65.7. The highest BCUT2D eigenvalue weighted by Crippen LogP contribution is 2.30. The number of benzene rings is 3. The number of aromatic nitrogens is 3. The monoisotopic (exact) mass is 499 g/mol. The van der Waals surface area contributed by atoms with Crippen LogP contribution in [0.2, 0.25) is 0 Å². The van der Waals surface area contributed by atoms with Crippen LogP contribution in [-0.2, 0) is 22.1 Å². The molecule has 0 radical (unpaired) electrons. The lowest BCUT2D eigenvalue weighted by molar-refractivity contribution is 0.304. The Bertz CT molecular complexity index is 1480. The van der Waals surface area contributed by atoms with E-state index in [0.717, 1.165) is 23.8 Å². The van der Waals surface area contributed by atoms with E-state index in [1.807, 2.05) is 0 Å². The molecule has 1 unspecified atom stereocenters. The minimum Gasteiger partial charge on any atom is -0.488 e. The van der Waals surface area contributed by atoms with Gasteiger partial charge in [0.05, 0.1) is 11.3 Å². The van der Waals surface area contributed by atoms with E-state index in [2.05, 4.69) is 20.3 Å². The van der Waals surface area contributed by atoms with Crippen molar-refractivity contribution < 1.29 is 22.1 Å². The van der Waals surface area contributed by atoms with E-state index in [9.17, 15) is 17.4 Å². The third-order valence-electron chi connectivity index (χ3n) is 4.76. The predicted octanol–water partition coefficient (Wildman–Crippen LogP) is 5.46. The van der Waals surface area contributed by atoms with Crippen LogP contribution in [0.25, 0.3) is 11.4 Å². The Balaban J connectivity index is 1.57. The Morgan fingerprint density at radius 3 is 2.57 bits per heavy atom. The first kappa shape index (κ1) is 24.1. The molecular formula is C24H20F3N5O2S. The second kappa shape index (κ2) is 10.1. The van der Waals surface area contributed by atoms with Crippen LogP contribution < -0.4 is 10.1 Å². The average molecular weight is 500 g/mol. The van der Waals surface area contributed by atoms with Crippen LogP contribution in [0.4, 0.5) is 24.8 Å². The first-order valence-electron chi connectivity index (χ1n) is 10.3. The van der Waals surface area contributed by atoms with E-state index < -0.39 is 27.2 Å². The molecule has 0 saturated heterocycles. The highest BCUT2D eigenvalue weighted by atomic mass is 32.2. The summed E-state index contributed by atoms with van der Waals surface area (Å²) in [7, 11) is -2.70. The summed E-state index contributed by atoms with van der Waals surface area (Å²) in [6.07, 6.45) is 2.65. The van der Waals surface area contributed by atoms with E-state index in [1.165, 1.54) is 30.8 Å². The van der Waals surface area contributed by atoms with E-state index in [-0.39, 0.29) is 29.9 Å². The van der Waals surface area contributed by atoms with Crippen molar-refractivity contribution in [2.45, 2.75) is 12.4 Å². The molecule has 0 saturated carbocycles. The fourth-order valence-electron chi connectivity index (χ4n) is 3.26. The molecule has 0 amide bonds. The van der Waals surface area contributed by atoms with Gasteiger partial charge in [-0.3, -0.25) is 4.78 Å². The van der Waals surface area contributed by atoms with Gasteiger partial charge in [-0.25, -0.2) is 27.3 Å². The Morgan fingerprint density at radius 1 is 0.971 bits per heavy atom. The highest BCUT2D eigenvalue weighted by Gasteiger charge is 2.13. The number of anilines is 2. The van der Waals surface area contributed by atoms with Crippen LogP contribution in [0, 0.1) is 22.2 Å². The molecule has 1 aromatic heterocycles. The number of halogens is 3. The average Bonchev–Trinajstić information content (AvgIpc) is 2.79. The normalized spacial score (nSPS) is 12.7. The smallest absolute Gasteiger partial charge is 0.230 e. The van der Waals surface area contributed by atoms with Crippen molar-refractivity contribution in [1.82, 2.24) is 15.0 Å². The Morgan fingerprint density at radius 2 is 1.80 bits per heavy atom. The minimum atomic E-state index is -2.70. The minimum absolute atomic E-state index is 0.110. The zero-order chi connectivity index (χ0) is 25.0. The molecule has 180 valence electrons. The number of hydrogen-bond donors (Lipinski definition) is 2. The van der Waals surface area contributed by atoms with Crippen LogP contribution in [-0.4, -0.2) is 25.4 Å². The molecule has 0 aliphatic heterocycles. The summed E-state index contributed by atoms with van der Waals surface area (Å²) in [6.45, 7) is -0.132. The molecule has 4 rings (SSSR count). The van der Waals surface area contributed by atoms with Crippen LogP contribution in [0.15, 0.2) is 67.0 Å². The summed E-state index contributed by atoms with van der Waals surface area (Å²) in [6, 6.07) is 14.2. The number of nitrogens with zero attached hydrogens (tertiary/aromatic N) is 3. The van der Waals surface area contributed by atoms with Gasteiger partial charge in [0.2, 0.25) is 5.95 Å². The van der Waals surface area contributed by atoms with E-state index >= 15 is 0 Å². The third-order valence-corrected chi connectivity index (χ3v) is 5.64. The SMILES string of the molecule is CS(=N)(=O)Cc1cccc(Nc2ncnc(-c3ccc(F)cc3OCc3ccc(F)c(F)c3)n2)c1. The van der Waals surface area contributed by atoms with Gasteiger partial charge in [0.1, 0.15) is 24.5 Å². The van der Waals surface area contributed by atoms with E-state index in [1.54, 1.807) is 24.3 Å². The molecule has 0 aliphatic rings. The number of hydrogen-bond acceptors (Lipinski definition) is 7. The molecular weight excluding hydrogens is 479 g/mol. The standard InChI is InChI=1S/C24H20F3N5O2S/c1-35(28,33)13-16-3-2-4-18(9-16)31-24-30-14-29-23(32-24)19-7-6-17(25)11-22(19)34-12-15-5-8-20(26)21(27)10-15/h2-11,14,28H,12-13H2,1H3,(H,29,30,31,32). The number of nitrogens with one attached hydrogen (secondary N) is 2. The van der Waals surface area contributed by atoms with Crippen molar-refractivity contribution in [3.05, 3.63) is 95.6 Å². The third kappa shape index (κ3) is 6.54. The molecule has 0 spiro atoms. The molecule has 0 bridgehead atoms. The summed E-state index contributed by atoms with van der Waals surface area (Å²) in [5, 5.41) is 3.03. The van der Waals surface area contributed by atoms with Crippen molar-refractivity contribution in [1.29, 1.82) is 4.78 Å². The van der Waals surface area contributed by atoms with Crippen molar-refractivity contribution in [2.24, 2.45) is 0 Å². The maximum atomic E-state index is 13.9. The van der Waals surface area contributed by atoms with Gasteiger partial charge >= 0.3 is 0 Å². The lowest BCUT2D eigenvalue weighted by Crippen LogP contribution is -2.03. The van der Waals surface area contributed by atoms with Gasteiger partial charge < -0.3 is 10.1 Å². The fraction of sp³-hybridized carbons (Fsp3) is 0.125. The number of rotatable bonds is 8. The molecule has 11 heteroatoms. The largest absolute Gasteiger partial charge is 0.488 e. The Kier molecular flexibility index (Phi) is 6.97. The summed E-state index contributed by atoms with van der Waals surface area (Å²) in [4.78, 5) is 12.6. The molecule has 35 heavy (non-hydrogen) atoms. The fourth-order valence-corrected chi connectivity index (χ4v) is 4.08. The topological polar surface area (TPSA) is 101 Å². The first-order chi connectivity index (χ1) is 16.7. The molecule has 3 aromatic carbocycles. The highest BCUT2D eigenvalue weighted by molar-refractivity contribution is 7.90. The lowest BCUT2D eigenvalue weighted by atomic mass is 10.1. The Labute approximate surface area is 200 Å². The van der Waals surface area contributed by atoms with Crippen LogP contribution in [0.3, 0.4) is 0 Å². The first-order valence-corrected chi connectivity index (χ1v) is 12.4. The van der Waals surface area contributed by atoms with Gasteiger partial charge in [0.25, 0.3) is 0 Å². The zero-order valence-electron chi connectivity index (χ0n) is 18.5. The van der Waals surface area contributed by atoms with Crippen LogP contribution >= 0.6 is 0 Å². The summed E-state index contributed by atoms with van der Waals surface area (Å²) in [5.74, 6) is -1.92. The van der Waals surface area contributed by atoms with E-state index in [4.69, 9.17) is 9.52 Å². The molecule has 4 aromatic rings. The second-order valence-corrected chi connectivity index (χ2v) is 10.1. The maximum absolute atomic E-state index is 13.9. The Hall–Kier alpha value is -3.99. The van der Waals surface area contributed by atoms with Gasteiger partial charge in [0, 0.05) is 27.7 Å². The molecule has 1 heterocycles. The van der Waals surface area contributed by atoms with Crippen LogP contribution in [0.5, 0.6) is 5.75 Å². The van der Waals surface area contributed by atoms with Gasteiger partial charge in [-0.2, -0.15) is 4.98 Å². The molecule has 0 aliphatic carbocycles. The van der Waals surface area contributed by atoms with Crippen molar-refractivity contribution in [3.63, 3.8) is 0 Å². The summed E-state index contributed by atoms with van der Waals surface area (Å²) >= 11 is 0. The maximum Gasteiger partial charge on any atom is 0.230 e. The van der Waals surface area contributed by atoms with Gasteiger partial charge in [-0.15, -0.1) is 0 Å². The van der Waals surface area contributed by atoms with Gasteiger partial charge in [0.15, 0.2) is 17.5 Å². The summed E-state index contributed by atoms with van der Waals surface area (Å²) in [5.41, 5.74) is 2.07. The molecule has 0 fully saturated rings. The molecule has 7 nitrogen and oxygen atoms in total.